The van der Waals surface area contributed by atoms with Gasteiger partial charge in [0.1, 0.15) is 17.5 Å². The molecule has 2 rings (SSSR count). The lowest BCUT2D eigenvalue weighted by Crippen LogP contribution is -2.41. The molecule has 0 bridgehead atoms. The number of hydrogen-bond donors (Lipinski definition) is 0. The molecule has 0 N–H and O–H groups in total. The van der Waals surface area contributed by atoms with Gasteiger partial charge >= 0.3 is 6.09 Å². The molecule has 0 spiro atoms. The Kier molecular flexibility index (Phi) is 6.10. The second-order valence-corrected chi connectivity index (χ2v) is 7.23. The van der Waals surface area contributed by atoms with Crippen molar-refractivity contribution in [2.45, 2.75) is 58.7 Å². The number of nitrogens with zero attached hydrogens (tertiary/aromatic N) is 1. The van der Waals surface area contributed by atoms with Gasteiger partial charge < -0.3 is 18.8 Å². The first-order valence-electron chi connectivity index (χ1n) is 8.48. The van der Waals surface area contributed by atoms with Gasteiger partial charge in [-0.25, -0.2) is 4.79 Å². The number of amides is 1. The fourth-order valence-electron chi connectivity index (χ4n) is 2.75. The van der Waals surface area contributed by atoms with Crippen LogP contribution < -0.4 is 0 Å². The van der Waals surface area contributed by atoms with Crippen LogP contribution in [0.5, 0.6) is 0 Å². The molecule has 5 heteroatoms. The Morgan fingerprint density at radius 2 is 2.09 bits per heavy atom. The standard InChI is InChI=1S/C18H29NO4/c1-14(16-6-5-12-22-16)21-13-9-15-7-10-19(11-8-15)17(20)23-18(2,3)4/h5-6,12,14-15H,7-11,13H2,1-4H3/t14-/m1/s1. The summed E-state index contributed by atoms with van der Waals surface area (Å²) in [6.45, 7) is 9.96. The van der Waals surface area contributed by atoms with Gasteiger partial charge in [0, 0.05) is 19.7 Å². The highest BCUT2D eigenvalue weighted by molar-refractivity contribution is 5.68. The molecular weight excluding hydrogens is 294 g/mol. The quantitative estimate of drug-likeness (QED) is 0.806. The Morgan fingerprint density at radius 1 is 1.39 bits per heavy atom. The second-order valence-electron chi connectivity index (χ2n) is 7.23. The van der Waals surface area contributed by atoms with Gasteiger partial charge in [-0.3, -0.25) is 0 Å². The zero-order valence-electron chi connectivity index (χ0n) is 14.7. The van der Waals surface area contributed by atoms with Gasteiger partial charge in [0.05, 0.1) is 6.26 Å². The van der Waals surface area contributed by atoms with E-state index in [1.807, 2.05) is 44.7 Å². The molecule has 1 amide bonds. The fraction of sp³-hybridized carbons (Fsp3) is 0.722. The van der Waals surface area contributed by atoms with Crippen molar-refractivity contribution in [1.29, 1.82) is 0 Å². The van der Waals surface area contributed by atoms with Crippen molar-refractivity contribution in [3.05, 3.63) is 24.2 Å². The van der Waals surface area contributed by atoms with Crippen LogP contribution in [0, 0.1) is 5.92 Å². The summed E-state index contributed by atoms with van der Waals surface area (Å²) in [5, 5.41) is 0. The molecule has 2 heterocycles. The molecule has 1 fully saturated rings. The predicted molar refractivity (Wildman–Crippen MR) is 88.2 cm³/mol. The number of carbonyl (C=O) groups is 1. The lowest BCUT2D eigenvalue weighted by atomic mass is 9.94. The van der Waals surface area contributed by atoms with Crippen molar-refractivity contribution in [2.75, 3.05) is 19.7 Å². The predicted octanol–water partition coefficient (Wildman–Crippen LogP) is 4.39. The number of carbonyl (C=O) groups excluding carboxylic acids is 1. The summed E-state index contributed by atoms with van der Waals surface area (Å²) in [4.78, 5) is 13.8. The van der Waals surface area contributed by atoms with Gasteiger partial charge in [-0.05, 0) is 65.0 Å². The minimum atomic E-state index is -0.427. The SMILES string of the molecule is C[C@@H](OCCC1CCN(C(=O)OC(C)(C)C)CC1)c1ccco1. The van der Waals surface area contributed by atoms with Crippen LogP contribution in [-0.4, -0.2) is 36.3 Å². The summed E-state index contributed by atoms with van der Waals surface area (Å²) in [6, 6.07) is 3.81. The Balaban J connectivity index is 1.64. The van der Waals surface area contributed by atoms with E-state index in [4.69, 9.17) is 13.9 Å². The number of piperidine rings is 1. The van der Waals surface area contributed by atoms with Crippen LogP contribution >= 0.6 is 0 Å². The first kappa shape index (κ1) is 17.9. The topological polar surface area (TPSA) is 51.9 Å². The molecule has 1 aliphatic heterocycles. The second kappa shape index (κ2) is 7.86. The van der Waals surface area contributed by atoms with E-state index in [1.165, 1.54) is 0 Å². The highest BCUT2D eigenvalue weighted by Crippen LogP contribution is 2.24. The van der Waals surface area contributed by atoms with E-state index in [0.29, 0.717) is 5.92 Å². The first-order valence-corrected chi connectivity index (χ1v) is 8.48. The Morgan fingerprint density at radius 3 is 2.65 bits per heavy atom. The number of likely N-dealkylation sites (tertiary alicyclic amines) is 1. The lowest BCUT2D eigenvalue weighted by Gasteiger charge is -2.33. The third-order valence-corrected chi connectivity index (χ3v) is 4.10. The van der Waals surface area contributed by atoms with E-state index in [0.717, 1.165) is 44.7 Å². The molecule has 23 heavy (non-hydrogen) atoms. The summed E-state index contributed by atoms with van der Waals surface area (Å²) < 4.78 is 16.6. The highest BCUT2D eigenvalue weighted by atomic mass is 16.6. The molecule has 1 aliphatic rings. The largest absolute Gasteiger partial charge is 0.467 e. The van der Waals surface area contributed by atoms with Crippen molar-refractivity contribution >= 4 is 6.09 Å². The maximum absolute atomic E-state index is 12.0. The van der Waals surface area contributed by atoms with Crippen molar-refractivity contribution in [3.8, 4) is 0 Å². The minimum absolute atomic E-state index is 0.00754. The van der Waals surface area contributed by atoms with Crippen LogP contribution in [0.15, 0.2) is 22.8 Å². The molecule has 1 atom stereocenters. The van der Waals surface area contributed by atoms with Gasteiger partial charge in [0.2, 0.25) is 0 Å². The van der Waals surface area contributed by atoms with Crippen LogP contribution in [0.3, 0.4) is 0 Å². The number of rotatable bonds is 5. The van der Waals surface area contributed by atoms with Crippen LogP contribution in [0.25, 0.3) is 0 Å². The number of furan rings is 1. The highest BCUT2D eigenvalue weighted by Gasteiger charge is 2.26. The fourth-order valence-corrected chi connectivity index (χ4v) is 2.75. The van der Waals surface area contributed by atoms with Gasteiger partial charge in [0.25, 0.3) is 0 Å². The molecule has 0 saturated carbocycles. The summed E-state index contributed by atoms with van der Waals surface area (Å²) in [6.07, 6.45) is 4.51. The summed E-state index contributed by atoms with van der Waals surface area (Å²) in [5.41, 5.74) is -0.427. The maximum atomic E-state index is 12.0. The van der Waals surface area contributed by atoms with Crippen LogP contribution in [0.2, 0.25) is 0 Å². The third-order valence-electron chi connectivity index (χ3n) is 4.10. The smallest absolute Gasteiger partial charge is 0.410 e. The zero-order chi connectivity index (χ0) is 16.9. The van der Waals surface area contributed by atoms with Crippen LogP contribution in [0.4, 0.5) is 4.79 Å². The van der Waals surface area contributed by atoms with Crippen molar-refractivity contribution < 1.29 is 18.7 Å². The Bertz CT molecular complexity index is 470. The zero-order valence-corrected chi connectivity index (χ0v) is 14.7. The molecule has 1 aromatic rings. The van der Waals surface area contributed by atoms with E-state index < -0.39 is 5.60 Å². The normalized spacial score (nSPS) is 18.0. The van der Waals surface area contributed by atoms with Crippen molar-refractivity contribution in [3.63, 3.8) is 0 Å². The molecule has 0 unspecified atom stereocenters. The van der Waals surface area contributed by atoms with Crippen molar-refractivity contribution in [2.24, 2.45) is 5.92 Å². The molecule has 1 saturated heterocycles. The lowest BCUT2D eigenvalue weighted by molar-refractivity contribution is 0.0130. The van der Waals surface area contributed by atoms with E-state index in [1.54, 1.807) is 6.26 Å². The van der Waals surface area contributed by atoms with E-state index in [2.05, 4.69) is 0 Å². The molecular formula is C18H29NO4. The first-order chi connectivity index (χ1) is 10.8. The van der Waals surface area contributed by atoms with Gasteiger partial charge in [-0.1, -0.05) is 0 Å². The van der Waals surface area contributed by atoms with Crippen LogP contribution in [-0.2, 0) is 9.47 Å². The number of ether oxygens (including phenoxy) is 2. The Hall–Kier alpha value is -1.49. The average molecular weight is 323 g/mol. The minimum Gasteiger partial charge on any atom is -0.467 e. The maximum Gasteiger partial charge on any atom is 0.410 e. The molecule has 5 nitrogen and oxygen atoms in total. The third kappa shape index (κ3) is 5.90. The summed E-state index contributed by atoms with van der Waals surface area (Å²) in [7, 11) is 0. The van der Waals surface area contributed by atoms with E-state index in [9.17, 15) is 4.79 Å². The molecule has 0 radical (unpaired) electrons. The molecule has 1 aromatic heterocycles. The van der Waals surface area contributed by atoms with Gasteiger partial charge in [-0.15, -0.1) is 0 Å². The summed E-state index contributed by atoms with van der Waals surface area (Å²) >= 11 is 0. The van der Waals surface area contributed by atoms with E-state index in [-0.39, 0.29) is 12.2 Å². The monoisotopic (exact) mass is 323 g/mol. The van der Waals surface area contributed by atoms with Gasteiger partial charge in [-0.2, -0.15) is 0 Å². The average Bonchev–Trinajstić information content (AvgIpc) is 3.00. The van der Waals surface area contributed by atoms with Crippen molar-refractivity contribution in [1.82, 2.24) is 4.90 Å². The van der Waals surface area contributed by atoms with Gasteiger partial charge in [0.15, 0.2) is 0 Å². The number of hydrogen-bond acceptors (Lipinski definition) is 4. The molecule has 130 valence electrons. The summed E-state index contributed by atoms with van der Waals surface area (Å²) in [5.74, 6) is 1.47. The molecule has 0 aromatic carbocycles. The molecule has 0 aliphatic carbocycles. The van der Waals surface area contributed by atoms with Crippen LogP contribution in [0.1, 0.15) is 58.8 Å². The Labute approximate surface area is 138 Å². The van der Waals surface area contributed by atoms with E-state index >= 15 is 0 Å².